The molecule has 0 bridgehead atoms. The van der Waals surface area contributed by atoms with Crippen LogP contribution in [0.15, 0.2) is 24.3 Å². The van der Waals surface area contributed by atoms with E-state index in [1.807, 2.05) is 0 Å². The molecule has 2 rings (SSSR count). The molecular formula is C11H13N. The maximum absolute atomic E-state index is 3.40. The van der Waals surface area contributed by atoms with E-state index < -0.39 is 0 Å². The minimum atomic E-state index is 1.08. The molecule has 1 heterocycles. The van der Waals surface area contributed by atoms with E-state index in [0.29, 0.717) is 0 Å². The second-order valence-electron chi connectivity index (χ2n) is 3.13. The highest BCUT2D eigenvalue weighted by Crippen LogP contribution is 2.21. The Labute approximate surface area is 72.4 Å². The Morgan fingerprint density at radius 2 is 1.83 bits per heavy atom. The van der Waals surface area contributed by atoms with Gasteiger partial charge in [0.05, 0.1) is 0 Å². The second kappa shape index (κ2) is 2.67. The van der Waals surface area contributed by atoms with Gasteiger partial charge in [0.1, 0.15) is 0 Å². The number of aryl methyl sites for hydroxylation is 2. The van der Waals surface area contributed by atoms with Gasteiger partial charge in [-0.3, -0.25) is 0 Å². The molecule has 0 fully saturated rings. The van der Waals surface area contributed by atoms with Crippen LogP contribution < -0.4 is 0 Å². The second-order valence-corrected chi connectivity index (χ2v) is 3.13. The van der Waals surface area contributed by atoms with Crippen molar-refractivity contribution in [1.82, 2.24) is 4.98 Å². The maximum Gasteiger partial charge on any atom is 0.0226 e. The van der Waals surface area contributed by atoms with Crippen molar-refractivity contribution in [3.05, 3.63) is 35.7 Å². The summed E-state index contributed by atoms with van der Waals surface area (Å²) in [5.74, 6) is 0. The Morgan fingerprint density at radius 1 is 1.17 bits per heavy atom. The van der Waals surface area contributed by atoms with Crippen LogP contribution in [0, 0.1) is 6.92 Å². The summed E-state index contributed by atoms with van der Waals surface area (Å²) in [4.78, 5) is 3.40. The van der Waals surface area contributed by atoms with Crippen molar-refractivity contribution in [2.45, 2.75) is 20.3 Å². The van der Waals surface area contributed by atoms with E-state index in [-0.39, 0.29) is 0 Å². The molecule has 0 aliphatic heterocycles. The van der Waals surface area contributed by atoms with Crippen LogP contribution in [0.25, 0.3) is 10.8 Å². The average molecular weight is 159 g/mol. The van der Waals surface area contributed by atoms with Crippen molar-refractivity contribution in [1.29, 1.82) is 0 Å². The third-order valence-corrected chi connectivity index (χ3v) is 2.35. The Morgan fingerprint density at radius 3 is 2.50 bits per heavy atom. The number of aromatic amines is 1. The topological polar surface area (TPSA) is 15.8 Å². The first-order chi connectivity index (χ1) is 5.83. The average Bonchev–Trinajstić information content (AvgIpc) is 2.44. The Bertz CT molecular complexity index is 398. The fraction of sp³-hybridized carbons (Fsp3) is 0.273. The van der Waals surface area contributed by atoms with Crippen LogP contribution in [0.3, 0.4) is 0 Å². The summed E-state index contributed by atoms with van der Waals surface area (Å²) in [6, 6.07) is 8.52. The summed E-state index contributed by atoms with van der Waals surface area (Å²) >= 11 is 0. The van der Waals surface area contributed by atoms with Crippen molar-refractivity contribution in [2.75, 3.05) is 0 Å². The summed E-state index contributed by atoms with van der Waals surface area (Å²) in [7, 11) is 0. The summed E-state index contributed by atoms with van der Waals surface area (Å²) in [5, 5.41) is 2.73. The summed E-state index contributed by atoms with van der Waals surface area (Å²) < 4.78 is 0. The number of H-pyrrole nitrogens is 1. The van der Waals surface area contributed by atoms with Crippen LogP contribution in [0.2, 0.25) is 0 Å². The molecule has 0 aliphatic carbocycles. The SMILES string of the molecule is CCc1[nH]c(C)c2ccccc12. The quantitative estimate of drug-likeness (QED) is 0.658. The highest BCUT2D eigenvalue weighted by molar-refractivity contribution is 5.87. The van der Waals surface area contributed by atoms with Gasteiger partial charge in [-0.05, 0) is 13.3 Å². The number of nitrogens with one attached hydrogen (secondary N) is 1. The zero-order chi connectivity index (χ0) is 8.55. The van der Waals surface area contributed by atoms with Crippen LogP contribution in [0.4, 0.5) is 0 Å². The highest BCUT2D eigenvalue weighted by Gasteiger charge is 2.03. The molecule has 0 unspecified atom stereocenters. The fourth-order valence-corrected chi connectivity index (χ4v) is 1.71. The number of aromatic nitrogens is 1. The normalized spacial score (nSPS) is 10.8. The van der Waals surface area contributed by atoms with E-state index in [4.69, 9.17) is 0 Å². The molecule has 2 aromatic rings. The number of hydrogen-bond acceptors (Lipinski definition) is 0. The molecular weight excluding hydrogens is 146 g/mol. The zero-order valence-electron chi connectivity index (χ0n) is 7.52. The van der Waals surface area contributed by atoms with Crippen LogP contribution >= 0.6 is 0 Å². The van der Waals surface area contributed by atoms with Crippen molar-refractivity contribution >= 4 is 10.8 Å². The zero-order valence-corrected chi connectivity index (χ0v) is 7.52. The standard InChI is InChI=1S/C11H13N/c1-3-11-10-7-5-4-6-9(10)8(2)12-11/h4-7,12H,3H2,1-2H3. The van der Waals surface area contributed by atoms with Crippen molar-refractivity contribution in [3.63, 3.8) is 0 Å². The van der Waals surface area contributed by atoms with E-state index in [9.17, 15) is 0 Å². The van der Waals surface area contributed by atoms with Gasteiger partial charge in [-0.25, -0.2) is 0 Å². The Hall–Kier alpha value is -1.24. The molecule has 0 amide bonds. The van der Waals surface area contributed by atoms with Gasteiger partial charge < -0.3 is 4.98 Å². The van der Waals surface area contributed by atoms with Gasteiger partial charge in [-0.1, -0.05) is 31.2 Å². The van der Waals surface area contributed by atoms with Gasteiger partial charge in [0.25, 0.3) is 0 Å². The van der Waals surface area contributed by atoms with Crippen molar-refractivity contribution in [2.24, 2.45) is 0 Å². The molecule has 0 saturated heterocycles. The molecule has 1 heteroatoms. The predicted molar refractivity (Wildman–Crippen MR) is 52.4 cm³/mol. The minimum Gasteiger partial charge on any atom is -0.361 e. The summed E-state index contributed by atoms with van der Waals surface area (Å²) in [6.07, 6.45) is 1.08. The monoisotopic (exact) mass is 159 g/mol. The molecule has 1 aromatic heterocycles. The Kier molecular flexibility index (Phi) is 1.65. The van der Waals surface area contributed by atoms with E-state index in [0.717, 1.165) is 6.42 Å². The van der Waals surface area contributed by atoms with Gasteiger partial charge in [0.2, 0.25) is 0 Å². The lowest BCUT2D eigenvalue weighted by Crippen LogP contribution is -1.78. The summed E-state index contributed by atoms with van der Waals surface area (Å²) in [6.45, 7) is 4.30. The lowest BCUT2D eigenvalue weighted by molar-refractivity contribution is 1.05. The number of benzene rings is 1. The molecule has 0 atom stereocenters. The van der Waals surface area contributed by atoms with E-state index in [1.54, 1.807) is 0 Å². The molecule has 1 aromatic carbocycles. The smallest absolute Gasteiger partial charge is 0.0226 e. The lowest BCUT2D eigenvalue weighted by Gasteiger charge is -1.91. The third-order valence-electron chi connectivity index (χ3n) is 2.35. The first-order valence-electron chi connectivity index (χ1n) is 4.39. The summed E-state index contributed by atoms with van der Waals surface area (Å²) in [5.41, 5.74) is 2.63. The fourth-order valence-electron chi connectivity index (χ4n) is 1.71. The van der Waals surface area contributed by atoms with Crippen molar-refractivity contribution in [3.8, 4) is 0 Å². The van der Waals surface area contributed by atoms with Crippen LogP contribution in [-0.4, -0.2) is 4.98 Å². The van der Waals surface area contributed by atoms with Crippen molar-refractivity contribution < 1.29 is 0 Å². The lowest BCUT2D eigenvalue weighted by atomic mass is 10.1. The third kappa shape index (κ3) is 0.934. The van der Waals surface area contributed by atoms with Gasteiger partial charge in [0.15, 0.2) is 0 Å². The number of hydrogen-bond donors (Lipinski definition) is 1. The van der Waals surface area contributed by atoms with Gasteiger partial charge >= 0.3 is 0 Å². The molecule has 0 radical (unpaired) electrons. The van der Waals surface area contributed by atoms with Crippen LogP contribution in [-0.2, 0) is 6.42 Å². The molecule has 0 aliphatic rings. The molecule has 0 spiro atoms. The molecule has 12 heavy (non-hydrogen) atoms. The molecule has 1 nitrogen and oxygen atoms in total. The molecule has 0 saturated carbocycles. The van der Waals surface area contributed by atoms with E-state index >= 15 is 0 Å². The van der Waals surface area contributed by atoms with E-state index in [1.165, 1.54) is 22.2 Å². The number of fused-ring (bicyclic) bond motifs is 1. The highest BCUT2D eigenvalue weighted by atomic mass is 14.7. The maximum atomic E-state index is 3.40. The molecule has 1 N–H and O–H groups in total. The predicted octanol–water partition coefficient (Wildman–Crippen LogP) is 3.04. The van der Waals surface area contributed by atoms with Crippen LogP contribution in [0.1, 0.15) is 18.3 Å². The van der Waals surface area contributed by atoms with Gasteiger partial charge in [0, 0.05) is 22.2 Å². The molecule has 62 valence electrons. The Balaban J connectivity index is 2.82. The number of rotatable bonds is 1. The van der Waals surface area contributed by atoms with Crippen LogP contribution in [0.5, 0.6) is 0 Å². The minimum absolute atomic E-state index is 1.08. The van der Waals surface area contributed by atoms with E-state index in [2.05, 4.69) is 43.1 Å². The van der Waals surface area contributed by atoms with Gasteiger partial charge in [-0.15, -0.1) is 0 Å². The largest absolute Gasteiger partial charge is 0.361 e. The first kappa shape index (κ1) is 7.41. The van der Waals surface area contributed by atoms with Gasteiger partial charge in [-0.2, -0.15) is 0 Å². The first-order valence-corrected chi connectivity index (χ1v) is 4.39.